The van der Waals surface area contributed by atoms with E-state index in [-0.39, 0.29) is 32.3 Å². The molecule has 1 aromatic heterocycles. The highest BCUT2D eigenvalue weighted by atomic mass is 32.1. The van der Waals surface area contributed by atoms with Gasteiger partial charge in [0.1, 0.15) is 9.88 Å². The average molecular weight is 522 g/mol. The van der Waals surface area contributed by atoms with Crippen molar-refractivity contribution in [2.45, 2.75) is 6.92 Å². The monoisotopic (exact) mass is 521 g/mol. The maximum absolute atomic E-state index is 12.8. The number of nitrogens with zero attached hydrogens (tertiary/aromatic N) is 2. The van der Waals surface area contributed by atoms with E-state index >= 15 is 0 Å². The molecule has 0 unspecified atom stereocenters. The third-order valence-electron chi connectivity index (χ3n) is 5.26. The first-order valence-corrected chi connectivity index (χ1v) is 11.4. The molecule has 0 aliphatic carbocycles. The van der Waals surface area contributed by atoms with Gasteiger partial charge in [-0.3, -0.25) is 14.9 Å². The summed E-state index contributed by atoms with van der Waals surface area (Å²) in [5, 5.41) is 13.7. The molecule has 0 saturated carbocycles. The molecule has 1 fully saturated rings. The van der Waals surface area contributed by atoms with E-state index in [9.17, 15) is 29.3 Å². The van der Waals surface area contributed by atoms with Gasteiger partial charge in [-0.25, -0.2) is 14.4 Å². The smallest absolute Gasteiger partial charge is 0.348 e. The van der Waals surface area contributed by atoms with Crippen molar-refractivity contribution in [1.82, 2.24) is 0 Å². The van der Waals surface area contributed by atoms with Gasteiger partial charge in [-0.05, 0) is 18.6 Å². The van der Waals surface area contributed by atoms with Gasteiger partial charge in [-0.15, -0.1) is 11.3 Å². The normalized spacial score (nSPS) is 13.0. The summed E-state index contributed by atoms with van der Waals surface area (Å²) < 4.78 is 19.9. The van der Waals surface area contributed by atoms with Crippen LogP contribution in [0.1, 0.15) is 36.0 Å². The first kappa shape index (κ1) is 26.6. The topological polar surface area (TPSA) is 164 Å². The van der Waals surface area contributed by atoms with Crippen molar-refractivity contribution in [1.29, 1.82) is 0 Å². The van der Waals surface area contributed by atoms with E-state index in [2.05, 4.69) is 5.32 Å². The summed E-state index contributed by atoms with van der Waals surface area (Å²) in [6, 6.07) is 3.82. The minimum atomic E-state index is -0.943. The van der Waals surface area contributed by atoms with Crippen molar-refractivity contribution < 1.29 is 43.0 Å². The van der Waals surface area contributed by atoms with Crippen molar-refractivity contribution in [2.75, 3.05) is 57.3 Å². The molecule has 14 heteroatoms. The number of morpholine rings is 1. The largest absolute Gasteiger partial charge is 0.465 e. The molecule has 0 bridgehead atoms. The Balaban J connectivity index is 1.78. The molecule has 13 nitrogen and oxygen atoms in total. The summed E-state index contributed by atoms with van der Waals surface area (Å²) in [4.78, 5) is 62.1. The van der Waals surface area contributed by atoms with Crippen LogP contribution in [0.25, 0.3) is 0 Å². The summed E-state index contributed by atoms with van der Waals surface area (Å²) >= 11 is 0.807. The van der Waals surface area contributed by atoms with Gasteiger partial charge in [0, 0.05) is 25.2 Å². The van der Waals surface area contributed by atoms with Crippen LogP contribution in [0, 0.1) is 17.0 Å². The number of carbonyl (C=O) groups excluding carboxylic acids is 4. The Labute approximate surface area is 209 Å². The Morgan fingerprint density at radius 2 is 1.78 bits per heavy atom. The predicted molar refractivity (Wildman–Crippen MR) is 127 cm³/mol. The summed E-state index contributed by atoms with van der Waals surface area (Å²) in [5.41, 5.74) is 0.261. The molecule has 2 aromatic rings. The number of hydrogen-bond donors (Lipinski definition) is 1. The summed E-state index contributed by atoms with van der Waals surface area (Å²) in [5.74, 6) is -3.22. The average Bonchev–Trinajstić information content (AvgIpc) is 3.21. The third kappa shape index (κ3) is 5.78. The molecule has 0 spiro atoms. The van der Waals surface area contributed by atoms with E-state index in [0.717, 1.165) is 24.5 Å². The van der Waals surface area contributed by atoms with Crippen LogP contribution in [0.5, 0.6) is 0 Å². The number of hydrogen-bond acceptors (Lipinski definition) is 12. The molecule has 3 rings (SSSR count). The number of anilines is 2. The molecule has 1 aromatic carbocycles. The summed E-state index contributed by atoms with van der Waals surface area (Å²) in [6.07, 6.45) is 0. The number of nitrogens with one attached hydrogen (secondary N) is 1. The van der Waals surface area contributed by atoms with Crippen LogP contribution in [0.2, 0.25) is 0 Å². The first-order valence-electron chi connectivity index (χ1n) is 10.6. The zero-order valence-electron chi connectivity index (χ0n) is 19.7. The van der Waals surface area contributed by atoms with Crippen molar-refractivity contribution in [2.24, 2.45) is 0 Å². The number of thiophene rings is 1. The molecular formula is C22H23N3O10S. The van der Waals surface area contributed by atoms with Gasteiger partial charge < -0.3 is 29.2 Å². The minimum Gasteiger partial charge on any atom is -0.465 e. The molecule has 0 radical (unpaired) electrons. The minimum absolute atomic E-state index is 0.0187. The van der Waals surface area contributed by atoms with E-state index in [1.807, 2.05) is 4.90 Å². The number of carbonyl (C=O) groups is 4. The number of rotatable bonds is 8. The quantitative estimate of drug-likeness (QED) is 0.234. The Bertz CT molecular complexity index is 1200. The van der Waals surface area contributed by atoms with Gasteiger partial charge in [-0.1, -0.05) is 0 Å². The second-order valence-corrected chi connectivity index (χ2v) is 8.45. The fourth-order valence-electron chi connectivity index (χ4n) is 3.49. The van der Waals surface area contributed by atoms with E-state index in [1.165, 1.54) is 26.2 Å². The van der Waals surface area contributed by atoms with Crippen molar-refractivity contribution >= 4 is 51.5 Å². The molecule has 1 saturated heterocycles. The van der Waals surface area contributed by atoms with Crippen molar-refractivity contribution in [3.8, 4) is 0 Å². The zero-order chi connectivity index (χ0) is 26.4. The van der Waals surface area contributed by atoms with Gasteiger partial charge in [0.2, 0.25) is 0 Å². The van der Waals surface area contributed by atoms with Crippen LogP contribution in [-0.4, -0.2) is 75.9 Å². The van der Waals surface area contributed by atoms with Gasteiger partial charge in [-0.2, -0.15) is 0 Å². The molecule has 36 heavy (non-hydrogen) atoms. The lowest BCUT2D eigenvalue weighted by molar-refractivity contribution is -0.384. The highest BCUT2D eigenvalue weighted by Crippen LogP contribution is 2.34. The molecule has 1 aliphatic heterocycles. The zero-order valence-corrected chi connectivity index (χ0v) is 20.5. The van der Waals surface area contributed by atoms with Crippen molar-refractivity contribution in [3.05, 3.63) is 49.9 Å². The molecule has 192 valence electrons. The lowest BCUT2D eigenvalue weighted by Gasteiger charge is -2.30. The van der Waals surface area contributed by atoms with Crippen LogP contribution in [-0.2, 0) is 23.7 Å². The highest BCUT2D eigenvalue weighted by Gasteiger charge is 2.28. The second kappa shape index (κ2) is 11.6. The predicted octanol–water partition coefficient (Wildman–Crippen LogP) is 2.17. The molecule has 1 N–H and O–H groups in total. The Morgan fingerprint density at radius 1 is 1.11 bits per heavy atom. The van der Waals surface area contributed by atoms with Crippen molar-refractivity contribution in [3.63, 3.8) is 0 Å². The number of nitro benzene ring substituents is 1. The molecule has 1 aliphatic rings. The van der Waals surface area contributed by atoms with Gasteiger partial charge in [0.15, 0.2) is 6.61 Å². The molecule has 0 atom stereocenters. The number of amides is 1. The summed E-state index contributed by atoms with van der Waals surface area (Å²) in [6.45, 7) is 2.52. The van der Waals surface area contributed by atoms with Gasteiger partial charge >= 0.3 is 17.9 Å². The SMILES string of the molecule is COC(=O)c1sc(NC(=O)COC(=O)c2cc([N+](=O)[O-])ccc2N2CCOCC2)c(C(=O)OC)c1C. The molecule has 1 amide bonds. The van der Waals surface area contributed by atoms with E-state index in [1.54, 1.807) is 0 Å². The van der Waals surface area contributed by atoms with Gasteiger partial charge in [0.25, 0.3) is 11.6 Å². The molecule has 2 heterocycles. The maximum Gasteiger partial charge on any atom is 0.348 e. The van der Waals surface area contributed by atoms with E-state index < -0.39 is 35.3 Å². The maximum atomic E-state index is 12.8. The Kier molecular flexibility index (Phi) is 8.55. The fraction of sp³-hybridized carbons (Fsp3) is 0.364. The molecular weight excluding hydrogens is 498 g/mol. The summed E-state index contributed by atoms with van der Waals surface area (Å²) in [7, 11) is 2.33. The standard InChI is InChI=1S/C22H23N3O10S/c1-12-17(21(28)32-2)19(36-18(12)22(29)33-3)23-16(26)11-35-20(27)14-10-13(25(30)31)4-5-15(14)24-6-8-34-9-7-24/h4-5,10H,6-9,11H2,1-3H3,(H,23,26). The Morgan fingerprint density at radius 3 is 2.39 bits per heavy atom. The van der Waals surface area contributed by atoms with Crippen LogP contribution in [0.3, 0.4) is 0 Å². The highest BCUT2D eigenvalue weighted by molar-refractivity contribution is 7.18. The van der Waals surface area contributed by atoms with E-state index in [4.69, 9.17) is 18.9 Å². The number of esters is 3. The number of nitro groups is 1. The van der Waals surface area contributed by atoms with E-state index in [0.29, 0.717) is 32.0 Å². The van der Waals surface area contributed by atoms with Crippen LogP contribution < -0.4 is 10.2 Å². The van der Waals surface area contributed by atoms with Crippen LogP contribution in [0.4, 0.5) is 16.4 Å². The first-order chi connectivity index (χ1) is 17.2. The van der Waals surface area contributed by atoms with Crippen LogP contribution >= 0.6 is 11.3 Å². The second-order valence-electron chi connectivity index (χ2n) is 7.43. The number of non-ortho nitro benzene ring substituents is 1. The lowest BCUT2D eigenvalue weighted by atomic mass is 10.1. The van der Waals surface area contributed by atoms with Crippen LogP contribution in [0.15, 0.2) is 18.2 Å². The third-order valence-corrected chi connectivity index (χ3v) is 6.44. The Hall–Kier alpha value is -4.04. The number of methoxy groups -OCH3 is 2. The number of benzene rings is 1. The lowest BCUT2D eigenvalue weighted by Crippen LogP contribution is -2.37. The number of ether oxygens (including phenoxy) is 4. The van der Waals surface area contributed by atoms with Gasteiger partial charge in [0.05, 0.1) is 49.2 Å². The fourth-order valence-corrected chi connectivity index (χ4v) is 4.62.